The average molecular weight is 374 g/mol. The molecular formula is C17H16F2N6O2. The van der Waals surface area contributed by atoms with Gasteiger partial charge in [0.2, 0.25) is 0 Å². The van der Waals surface area contributed by atoms with Crippen LogP contribution in [0, 0.1) is 18.6 Å². The summed E-state index contributed by atoms with van der Waals surface area (Å²) in [6.07, 6.45) is 3.23. The van der Waals surface area contributed by atoms with Crippen molar-refractivity contribution in [3.05, 3.63) is 47.4 Å². The number of hydrogen-bond acceptors (Lipinski definition) is 6. The second kappa shape index (κ2) is 6.86. The van der Waals surface area contributed by atoms with Crippen LogP contribution >= 0.6 is 0 Å². The Morgan fingerprint density at radius 1 is 1.26 bits per heavy atom. The number of benzene rings is 1. The van der Waals surface area contributed by atoms with Gasteiger partial charge in [-0.2, -0.15) is 4.98 Å². The van der Waals surface area contributed by atoms with E-state index in [-0.39, 0.29) is 17.5 Å². The molecule has 1 aromatic carbocycles. The van der Waals surface area contributed by atoms with Crippen LogP contribution in [-0.4, -0.2) is 49.0 Å². The van der Waals surface area contributed by atoms with Gasteiger partial charge in [0, 0.05) is 24.7 Å². The van der Waals surface area contributed by atoms with E-state index in [1.807, 2.05) is 0 Å². The molecule has 2 aromatic heterocycles. The lowest BCUT2D eigenvalue weighted by Gasteiger charge is -2.32. The summed E-state index contributed by atoms with van der Waals surface area (Å²) in [7, 11) is 0. The molecule has 1 aliphatic heterocycles. The second-order valence-electron chi connectivity index (χ2n) is 6.44. The molecule has 1 unspecified atom stereocenters. The molecule has 1 aliphatic rings. The summed E-state index contributed by atoms with van der Waals surface area (Å²) in [5.74, 6) is -1.19. The highest BCUT2D eigenvalue weighted by Crippen LogP contribution is 2.24. The second-order valence-corrected chi connectivity index (χ2v) is 6.44. The molecule has 4 rings (SSSR count). The van der Waals surface area contributed by atoms with Crippen LogP contribution in [0.4, 0.5) is 8.78 Å². The van der Waals surface area contributed by atoms with Gasteiger partial charge in [-0.1, -0.05) is 10.4 Å². The molecule has 3 heterocycles. The minimum absolute atomic E-state index is 0.00577. The van der Waals surface area contributed by atoms with Crippen molar-refractivity contribution in [3.63, 3.8) is 0 Å². The van der Waals surface area contributed by atoms with Gasteiger partial charge >= 0.3 is 0 Å². The Labute approximate surface area is 152 Å². The first-order valence-corrected chi connectivity index (χ1v) is 8.47. The number of carbonyl (C=O) groups excluding carboxylic acids is 1. The van der Waals surface area contributed by atoms with Crippen LogP contribution < -0.4 is 0 Å². The largest absolute Gasteiger partial charge is 0.336 e. The quantitative estimate of drug-likeness (QED) is 0.699. The highest BCUT2D eigenvalue weighted by atomic mass is 19.1. The van der Waals surface area contributed by atoms with Gasteiger partial charge in [-0.15, -0.1) is 5.10 Å². The van der Waals surface area contributed by atoms with E-state index in [2.05, 4.69) is 20.5 Å². The van der Waals surface area contributed by atoms with E-state index < -0.39 is 17.5 Å². The lowest BCUT2D eigenvalue weighted by Crippen LogP contribution is -2.41. The van der Waals surface area contributed by atoms with Crippen molar-refractivity contribution in [2.24, 2.45) is 0 Å². The van der Waals surface area contributed by atoms with Crippen molar-refractivity contribution in [2.45, 2.75) is 25.8 Å². The zero-order valence-electron chi connectivity index (χ0n) is 14.5. The molecule has 1 fully saturated rings. The van der Waals surface area contributed by atoms with Gasteiger partial charge in [0.05, 0.1) is 12.2 Å². The lowest BCUT2D eigenvalue weighted by molar-refractivity contribution is 0.0671. The van der Waals surface area contributed by atoms with Crippen LogP contribution in [0.2, 0.25) is 0 Å². The number of likely N-dealkylation sites (tertiary alicyclic amines) is 1. The number of amides is 1. The van der Waals surface area contributed by atoms with Gasteiger partial charge in [0.15, 0.2) is 11.5 Å². The summed E-state index contributed by atoms with van der Waals surface area (Å²) in [6.45, 7) is 2.58. The molecule has 0 bridgehead atoms. The summed E-state index contributed by atoms with van der Waals surface area (Å²) < 4.78 is 33.6. The van der Waals surface area contributed by atoms with Crippen molar-refractivity contribution < 1.29 is 18.1 Å². The van der Waals surface area contributed by atoms with Gasteiger partial charge in [0.1, 0.15) is 11.6 Å². The van der Waals surface area contributed by atoms with Gasteiger partial charge in [-0.3, -0.25) is 4.79 Å². The van der Waals surface area contributed by atoms with Crippen LogP contribution in [0.25, 0.3) is 11.6 Å². The third-order valence-corrected chi connectivity index (χ3v) is 4.42. The third-order valence-electron chi connectivity index (χ3n) is 4.42. The number of rotatable bonds is 3. The van der Waals surface area contributed by atoms with E-state index >= 15 is 0 Å². The first kappa shape index (κ1) is 17.3. The van der Waals surface area contributed by atoms with Crippen LogP contribution in [0.1, 0.15) is 35.1 Å². The van der Waals surface area contributed by atoms with E-state index in [0.717, 1.165) is 31.0 Å². The van der Waals surface area contributed by atoms with E-state index in [9.17, 15) is 13.6 Å². The monoisotopic (exact) mass is 374 g/mol. The molecule has 1 atom stereocenters. The van der Waals surface area contributed by atoms with Crippen LogP contribution in [0.3, 0.4) is 0 Å². The molecule has 0 radical (unpaired) electrons. The van der Waals surface area contributed by atoms with Crippen molar-refractivity contribution in [1.82, 2.24) is 30.0 Å². The fraction of sp³-hybridized carbons (Fsp3) is 0.353. The maximum atomic E-state index is 13.4. The summed E-state index contributed by atoms with van der Waals surface area (Å²) in [5, 5.41) is 11.9. The SMILES string of the molecule is Cc1noc(-c2cn(C3CCCN(C(=O)c4cc(F)cc(F)c4)C3)nn2)n1. The standard InChI is InChI=1S/C17H16F2N6O2/c1-10-20-16(27-22-10)15-9-25(23-21-15)14-3-2-4-24(8-14)17(26)11-5-12(18)7-13(19)6-11/h5-7,9,14H,2-4,8H2,1H3. The van der Waals surface area contributed by atoms with E-state index in [4.69, 9.17) is 4.52 Å². The van der Waals surface area contributed by atoms with Crippen molar-refractivity contribution in [3.8, 4) is 11.6 Å². The summed E-state index contributed by atoms with van der Waals surface area (Å²) in [5.41, 5.74) is 0.444. The molecule has 10 heteroatoms. The summed E-state index contributed by atoms with van der Waals surface area (Å²) in [6, 6.07) is 2.72. The smallest absolute Gasteiger partial charge is 0.280 e. The predicted octanol–water partition coefficient (Wildman–Crippen LogP) is 2.39. The molecule has 0 saturated carbocycles. The molecule has 8 nitrogen and oxygen atoms in total. The van der Waals surface area contributed by atoms with E-state index in [0.29, 0.717) is 24.6 Å². The number of piperidine rings is 1. The fourth-order valence-electron chi connectivity index (χ4n) is 3.17. The van der Waals surface area contributed by atoms with Gasteiger partial charge in [0.25, 0.3) is 11.8 Å². The Morgan fingerprint density at radius 2 is 2.04 bits per heavy atom. The maximum absolute atomic E-state index is 13.4. The number of aromatic nitrogens is 5. The fourth-order valence-corrected chi connectivity index (χ4v) is 3.17. The number of hydrogen-bond donors (Lipinski definition) is 0. The predicted molar refractivity (Wildman–Crippen MR) is 88.6 cm³/mol. The third kappa shape index (κ3) is 3.55. The van der Waals surface area contributed by atoms with Crippen molar-refractivity contribution in [2.75, 3.05) is 13.1 Å². The Hall–Kier alpha value is -3.17. The summed E-state index contributed by atoms with van der Waals surface area (Å²) in [4.78, 5) is 18.3. The van der Waals surface area contributed by atoms with Crippen LogP contribution in [0.15, 0.2) is 28.9 Å². The maximum Gasteiger partial charge on any atom is 0.280 e. The molecule has 3 aromatic rings. The van der Waals surface area contributed by atoms with Crippen LogP contribution in [0.5, 0.6) is 0 Å². The van der Waals surface area contributed by atoms with Gasteiger partial charge in [-0.25, -0.2) is 13.5 Å². The molecule has 0 spiro atoms. The average Bonchev–Trinajstić information content (AvgIpc) is 3.29. The van der Waals surface area contributed by atoms with E-state index in [1.165, 1.54) is 0 Å². The molecule has 0 aliphatic carbocycles. The minimum Gasteiger partial charge on any atom is -0.336 e. The molecular weight excluding hydrogens is 358 g/mol. The normalized spacial score (nSPS) is 17.3. The first-order valence-electron chi connectivity index (χ1n) is 8.47. The number of halogens is 2. The molecule has 0 N–H and O–H groups in total. The number of aryl methyl sites for hydroxylation is 1. The molecule has 1 saturated heterocycles. The van der Waals surface area contributed by atoms with Gasteiger partial charge in [-0.05, 0) is 31.9 Å². The highest BCUT2D eigenvalue weighted by molar-refractivity contribution is 5.94. The van der Waals surface area contributed by atoms with Gasteiger partial charge < -0.3 is 9.42 Å². The molecule has 140 valence electrons. The topological polar surface area (TPSA) is 89.9 Å². The zero-order chi connectivity index (χ0) is 19.0. The van der Waals surface area contributed by atoms with Crippen LogP contribution in [-0.2, 0) is 0 Å². The molecule has 27 heavy (non-hydrogen) atoms. The lowest BCUT2D eigenvalue weighted by atomic mass is 10.0. The Bertz CT molecular complexity index is 965. The van der Waals surface area contributed by atoms with E-state index in [1.54, 1.807) is 22.7 Å². The number of carbonyl (C=O) groups is 1. The van der Waals surface area contributed by atoms with Crippen molar-refractivity contribution in [1.29, 1.82) is 0 Å². The number of nitrogens with zero attached hydrogens (tertiary/aromatic N) is 6. The highest BCUT2D eigenvalue weighted by Gasteiger charge is 2.27. The Balaban J connectivity index is 1.51. The minimum atomic E-state index is -0.775. The first-order chi connectivity index (χ1) is 13.0. The Morgan fingerprint density at radius 3 is 2.74 bits per heavy atom. The summed E-state index contributed by atoms with van der Waals surface area (Å²) >= 11 is 0. The zero-order valence-corrected chi connectivity index (χ0v) is 14.5. The molecule has 1 amide bonds. The Kier molecular flexibility index (Phi) is 4.38. The van der Waals surface area contributed by atoms with Crippen molar-refractivity contribution >= 4 is 5.91 Å².